The van der Waals surface area contributed by atoms with Crippen LogP contribution in [0.5, 0.6) is 17.2 Å². The van der Waals surface area contributed by atoms with Crippen molar-refractivity contribution in [3.63, 3.8) is 0 Å². The number of amides is 2. The van der Waals surface area contributed by atoms with E-state index in [2.05, 4.69) is 5.32 Å². The van der Waals surface area contributed by atoms with E-state index in [1.54, 1.807) is 48.2 Å². The summed E-state index contributed by atoms with van der Waals surface area (Å²) in [6, 6.07) is 18.0. The fourth-order valence-corrected chi connectivity index (χ4v) is 4.30. The molecule has 1 unspecified atom stereocenters. The fourth-order valence-electron chi connectivity index (χ4n) is 3.84. The number of hydrogen-bond donors (Lipinski definition) is 1. The number of halogens is 2. The van der Waals surface area contributed by atoms with Crippen LogP contribution in [0.3, 0.4) is 0 Å². The van der Waals surface area contributed by atoms with Crippen molar-refractivity contribution in [2.75, 3.05) is 30.0 Å². The molecule has 7 nitrogen and oxygen atoms in total. The van der Waals surface area contributed by atoms with Crippen LogP contribution in [0.25, 0.3) is 0 Å². The molecule has 1 heterocycles. The third-order valence-electron chi connectivity index (χ3n) is 5.76. The topological polar surface area (TPSA) is 77.1 Å². The van der Waals surface area contributed by atoms with Crippen LogP contribution in [-0.2, 0) is 9.59 Å². The number of nitrogens with one attached hydrogen (secondary N) is 1. The molecule has 1 N–H and O–H groups in total. The number of benzene rings is 3. The summed E-state index contributed by atoms with van der Waals surface area (Å²) in [5, 5.41) is 3.83. The molecular formula is C28H28Cl2N2O5. The Labute approximate surface area is 226 Å². The molecule has 3 aromatic carbocycles. The Hall–Kier alpha value is -3.42. The monoisotopic (exact) mass is 542 g/mol. The second kappa shape index (κ2) is 12.2. The minimum atomic E-state index is -0.610. The van der Waals surface area contributed by atoms with Crippen LogP contribution in [0.2, 0.25) is 10.0 Å². The van der Waals surface area contributed by atoms with E-state index in [1.165, 1.54) is 0 Å². The van der Waals surface area contributed by atoms with E-state index in [9.17, 15) is 9.59 Å². The summed E-state index contributed by atoms with van der Waals surface area (Å²) in [5.41, 5.74) is 2.31. The van der Waals surface area contributed by atoms with Gasteiger partial charge in [0.05, 0.1) is 23.9 Å². The first-order valence-corrected chi connectivity index (χ1v) is 12.7. The SMILES string of the molecule is Cc1ccc(OCCN2C(=O)C(C)Oc3ccc(NC(=O)CCCOc4ccc(Cl)cc4Cl)cc32)cc1. The Bertz CT molecular complexity index is 1270. The quantitative estimate of drug-likeness (QED) is 0.304. The Morgan fingerprint density at radius 2 is 1.81 bits per heavy atom. The lowest BCUT2D eigenvalue weighted by Crippen LogP contribution is -2.46. The zero-order valence-electron chi connectivity index (χ0n) is 20.6. The van der Waals surface area contributed by atoms with Crippen LogP contribution >= 0.6 is 23.2 Å². The van der Waals surface area contributed by atoms with E-state index in [1.807, 2.05) is 31.2 Å². The lowest BCUT2D eigenvalue weighted by molar-refractivity contribution is -0.125. The van der Waals surface area contributed by atoms with Gasteiger partial charge in [-0.2, -0.15) is 0 Å². The normalized spacial score (nSPS) is 14.5. The lowest BCUT2D eigenvalue weighted by atomic mass is 10.1. The molecule has 0 aliphatic carbocycles. The molecular weight excluding hydrogens is 515 g/mol. The largest absolute Gasteiger partial charge is 0.492 e. The molecule has 0 radical (unpaired) electrons. The van der Waals surface area contributed by atoms with Crippen LogP contribution in [0.15, 0.2) is 60.7 Å². The van der Waals surface area contributed by atoms with Crippen molar-refractivity contribution in [1.82, 2.24) is 0 Å². The van der Waals surface area contributed by atoms with Crippen molar-refractivity contribution < 1.29 is 23.8 Å². The van der Waals surface area contributed by atoms with Crippen LogP contribution in [0.1, 0.15) is 25.3 Å². The van der Waals surface area contributed by atoms with E-state index in [-0.39, 0.29) is 18.2 Å². The average Bonchev–Trinajstić information content (AvgIpc) is 2.86. The molecule has 1 aliphatic heterocycles. The molecule has 0 saturated carbocycles. The van der Waals surface area contributed by atoms with Gasteiger partial charge in [0.25, 0.3) is 5.91 Å². The van der Waals surface area contributed by atoms with Gasteiger partial charge in [-0.05, 0) is 68.8 Å². The molecule has 2 amide bonds. The van der Waals surface area contributed by atoms with Crippen LogP contribution < -0.4 is 24.4 Å². The Morgan fingerprint density at radius 3 is 2.57 bits per heavy atom. The number of carbonyl (C=O) groups excluding carboxylic acids is 2. The van der Waals surface area contributed by atoms with Crippen molar-refractivity contribution in [2.24, 2.45) is 0 Å². The Morgan fingerprint density at radius 1 is 1.03 bits per heavy atom. The standard InChI is InChI=1S/C28H28Cl2N2O5/c1-18-5-9-22(10-6-18)35-15-13-32-24-17-21(8-12-26(24)37-19(2)28(32)34)31-27(33)4-3-14-36-25-11-7-20(29)16-23(25)30/h5-12,16-17,19H,3-4,13-15H2,1-2H3,(H,31,33). The number of anilines is 2. The summed E-state index contributed by atoms with van der Waals surface area (Å²) in [7, 11) is 0. The fraction of sp³-hybridized carbons (Fsp3) is 0.286. The molecule has 1 atom stereocenters. The van der Waals surface area contributed by atoms with Gasteiger partial charge >= 0.3 is 0 Å². The van der Waals surface area contributed by atoms with Crippen molar-refractivity contribution in [2.45, 2.75) is 32.8 Å². The molecule has 0 aromatic heterocycles. The van der Waals surface area contributed by atoms with Gasteiger partial charge in [0.15, 0.2) is 6.10 Å². The van der Waals surface area contributed by atoms with Crippen LogP contribution in [0.4, 0.5) is 11.4 Å². The second-order valence-corrected chi connectivity index (χ2v) is 9.51. The summed E-state index contributed by atoms with van der Waals surface area (Å²) in [5.74, 6) is 1.50. The van der Waals surface area contributed by atoms with Gasteiger partial charge in [-0.25, -0.2) is 0 Å². The summed E-state index contributed by atoms with van der Waals surface area (Å²) in [6.07, 6.45) is 0.140. The van der Waals surface area contributed by atoms with E-state index < -0.39 is 6.10 Å². The number of aryl methyl sites for hydroxylation is 1. The molecule has 0 fully saturated rings. The third kappa shape index (κ3) is 7.08. The molecule has 3 aromatic rings. The first kappa shape index (κ1) is 26.6. The van der Waals surface area contributed by atoms with Gasteiger partial charge in [0, 0.05) is 17.1 Å². The van der Waals surface area contributed by atoms with E-state index in [4.69, 9.17) is 37.4 Å². The number of carbonyl (C=O) groups is 2. The van der Waals surface area contributed by atoms with E-state index in [0.29, 0.717) is 59.1 Å². The first-order valence-electron chi connectivity index (χ1n) is 12.0. The van der Waals surface area contributed by atoms with Gasteiger partial charge in [-0.3, -0.25) is 9.59 Å². The molecule has 0 bridgehead atoms. The zero-order valence-corrected chi connectivity index (χ0v) is 22.1. The van der Waals surface area contributed by atoms with E-state index >= 15 is 0 Å². The summed E-state index contributed by atoms with van der Waals surface area (Å²) < 4.78 is 17.2. The number of hydrogen-bond acceptors (Lipinski definition) is 5. The number of nitrogens with zero attached hydrogens (tertiary/aromatic N) is 1. The molecule has 37 heavy (non-hydrogen) atoms. The van der Waals surface area contributed by atoms with Crippen LogP contribution in [0, 0.1) is 6.92 Å². The highest BCUT2D eigenvalue weighted by Crippen LogP contribution is 2.36. The highest BCUT2D eigenvalue weighted by Gasteiger charge is 2.31. The summed E-state index contributed by atoms with van der Waals surface area (Å²) in [4.78, 5) is 27.0. The van der Waals surface area contributed by atoms with Gasteiger partial charge in [0.1, 0.15) is 23.9 Å². The lowest BCUT2D eigenvalue weighted by Gasteiger charge is -2.33. The summed E-state index contributed by atoms with van der Waals surface area (Å²) in [6.45, 7) is 4.71. The van der Waals surface area contributed by atoms with Crippen molar-refractivity contribution in [3.8, 4) is 17.2 Å². The van der Waals surface area contributed by atoms with Gasteiger partial charge in [-0.15, -0.1) is 0 Å². The average molecular weight is 543 g/mol. The smallest absolute Gasteiger partial charge is 0.267 e. The number of fused-ring (bicyclic) bond motifs is 1. The minimum Gasteiger partial charge on any atom is -0.492 e. The molecule has 9 heteroatoms. The maximum absolute atomic E-state index is 12.9. The third-order valence-corrected chi connectivity index (χ3v) is 6.29. The maximum Gasteiger partial charge on any atom is 0.267 e. The predicted octanol–water partition coefficient (Wildman–Crippen LogP) is 6.29. The van der Waals surface area contributed by atoms with Crippen LogP contribution in [-0.4, -0.2) is 37.7 Å². The first-order chi connectivity index (χ1) is 17.8. The highest BCUT2D eigenvalue weighted by molar-refractivity contribution is 6.35. The van der Waals surface area contributed by atoms with Crippen molar-refractivity contribution >= 4 is 46.4 Å². The van der Waals surface area contributed by atoms with Gasteiger partial charge in [-0.1, -0.05) is 40.9 Å². The summed E-state index contributed by atoms with van der Waals surface area (Å²) >= 11 is 12.0. The van der Waals surface area contributed by atoms with Crippen molar-refractivity contribution in [1.29, 1.82) is 0 Å². The number of ether oxygens (including phenoxy) is 3. The highest BCUT2D eigenvalue weighted by atomic mass is 35.5. The van der Waals surface area contributed by atoms with Gasteiger partial charge < -0.3 is 24.4 Å². The Balaban J connectivity index is 1.33. The zero-order chi connectivity index (χ0) is 26.4. The second-order valence-electron chi connectivity index (χ2n) is 8.67. The van der Waals surface area contributed by atoms with E-state index in [0.717, 1.165) is 11.3 Å². The molecule has 0 spiro atoms. The molecule has 194 valence electrons. The predicted molar refractivity (Wildman–Crippen MR) is 145 cm³/mol. The molecule has 0 saturated heterocycles. The molecule has 4 rings (SSSR count). The minimum absolute atomic E-state index is 0.165. The number of rotatable bonds is 10. The maximum atomic E-state index is 12.9. The molecule has 1 aliphatic rings. The van der Waals surface area contributed by atoms with Crippen molar-refractivity contribution in [3.05, 3.63) is 76.3 Å². The Kier molecular flexibility index (Phi) is 8.79. The van der Waals surface area contributed by atoms with Gasteiger partial charge in [0.2, 0.25) is 5.91 Å².